The lowest BCUT2D eigenvalue weighted by Crippen LogP contribution is -2.05. The van der Waals surface area contributed by atoms with Crippen molar-refractivity contribution in [3.8, 4) is 5.75 Å². The van der Waals surface area contributed by atoms with Gasteiger partial charge >= 0.3 is 0 Å². The average molecular weight is 278 g/mol. The van der Waals surface area contributed by atoms with E-state index in [0.29, 0.717) is 11.4 Å². The maximum atomic E-state index is 10.3. The van der Waals surface area contributed by atoms with Gasteiger partial charge in [0, 0.05) is 23.8 Å². The highest BCUT2D eigenvalue weighted by Crippen LogP contribution is 2.28. The fourth-order valence-electron chi connectivity index (χ4n) is 2.08. The van der Waals surface area contributed by atoms with Gasteiger partial charge < -0.3 is 9.84 Å². The summed E-state index contributed by atoms with van der Waals surface area (Å²) in [5.41, 5.74) is 2.73. The van der Waals surface area contributed by atoms with Crippen molar-refractivity contribution in [2.45, 2.75) is 19.4 Å². The summed E-state index contributed by atoms with van der Waals surface area (Å²) in [7, 11) is 1.61. The van der Waals surface area contributed by atoms with Gasteiger partial charge in [0.2, 0.25) is 0 Å². The molecule has 0 spiro atoms. The van der Waals surface area contributed by atoms with E-state index in [9.17, 15) is 5.11 Å². The number of pyridine rings is 1. The Bertz CT molecular complexity index is 572. The molecule has 0 radical (unpaired) electrons. The Morgan fingerprint density at radius 1 is 1.37 bits per heavy atom. The number of aliphatic hydroxyl groups is 1. The lowest BCUT2D eigenvalue weighted by molar-refractivity contribution is 0.176. The second kappa shape index (κ2) is 6.04. The van der Waals surface area contributed by atoms with E-state index in [-0.39, 0.29) is 0 Å². The van der Waals surface area contributed by atoms with Crippen molar-refractivity contribution in [3.63, 3.8) is 0 Å². The van der Waals surface area contributed by atoms with E-state index in [1.807, 2.05) is 25.1 Å². The van der Waals surface area contributed by atoms with Crippen molar-refractivity contribution in [1.82, 2.24) is 4.98 Å². The fraction of sp³-hybridized carbons (Fsp3) is 0.267. The molecular formula is C15H16ClNO2. The minimum atomic E-state index is -0.602. The Balaban J connectivity index is 2.26. The number of methoxy groups -OCH3 is 1. The highest BCUT2D eigenvalue weighted by atomic mass is 35.5. The van der Waals surface area contributed by atoms with Crippen molar-refractivity contribution >= 4 is 11.6 Å². The largest absolute Gasteiger partial charge is 0.496 e. The molecule has 0 aliphatic carbocycles. The van der Waals surface area contributed by atoms with Crippen LogP contribution < -0.4 is 4.74 Å². The molecule has 2 aromatic rings. The smallest absolute Gasteiger partial charge is 0.122 e. The number of benzene rings is 1. The van der Waals surface area contributed by atoms with E-state index >= 15 is 0 Å². The van der Waals surface area contributed by atoms with E-state index in [2.05, 4.69) is 4.98 Å². The molecule has 1 unspecified atom stereocenters. The molecule has 19 heavy (non-hydrogen) atoms. The van der Waals surface area contributed by atoms with Crippen LogP contribution in [0.1, 0.15) is 22.8 Å². The molecule has 1 atom stereocenters. The Labute approximate surface area is 117 Å². The maximum absolute atomic E-state index is 10.3. The van der Waals surface area contributed by atoms with Crippen LogP contribution in [0.3, 0.4) is 0 Å². The molecule has 0 saturated carbocycles. The summed E-state index contributed by atoms with van der Waals surface area (Å²) in [4.78, 5) is 4.03. The first-order chi connectivity index (χ1) is 9.11. The van der Waals surface area contributed by atoms with Crippen LogP contribution >= 0.6 is 11.6 Å². The fourth-order valence-corrected chi connectivity index (χ4v) is 2.28. The number of ether oxygens (including phenoxy) is 1. The zero-order valence-electron chi connectivity index (χ0n) is 10.9. The van der Waals surface area contributed by atoms with Crippen LogP contribution in [0.15, 0.2) is 36.7 Å². The zero-order chi connectivity index (χ0) is 13.8. The summed E-state index contributed by atoms with van der Waals surface area (Å²) in [6, 6.07) is 7.23. The third kappa shape index (κ3) is 3.25. The first kappa shape index (κ1) is 13.8. The SMILES string of the molecule is COc1ccc(Cl)cc1CC(O)c1ccncc1C. The highest BCUT2D eigenvalue weighted by Gasteiger charge is 2.14. The first-order valence-electron chi connectivity index (χ1n) is 6.03. The standard InChI is InChI=1S/C15H16ClNO2/c1-10-9-17-6-5-13(10)14(18)8-11-7-12(16)3-4-15(11)19-2/h3-7,9,14,18H,8H2,1-2H3. The summed E-state index contributed by atoms with van der Waals surface area (Å²) >= 11 is 5.99. The van der Waals surface area contributed by atoms with Gasteiger partial charge in [-0.3, -0.25) is 4.98 Å². The number of halogens is 1. The first-order valence-corrected chi connectivity index (χ1v) is 6.40. The van der Waals surface area contributed by atoms with Crippen LogP contribution in [0.25, 0.3) is 0 Å². The van der Waals surface area contributed by atoms with Gasteiger partial charge in [-0.15, -0.1) is 0 Å². The summed E-state index contributed by atoms with van der Waals surface area (Å²) in [6.45, 7) is 1.93. The lowest BCUT2D eigenvalue weighted by atomic mass is 9.99. The molecule has 4 heteroatoms. The molecule has 1 aromatic carbocycles. The monoisotopic (exact) mass is 277 g/mol. The van der Waals surface area contributed by atoms with E-state index in [1.54, 1.807) is 25.6 Å². The van der Waals surface area contributed by atoms with Gasteiger partial charge in [0.05, 0.1) is 13.2 Å². The predicted molar refractivity (Wildman–Crippen MR) is 75.6 cm³/mol. The van der Waals surface area contributed by atoms with Crippen molar-refractivity contribution in [2.24, 2.45) is 0 Å². The van der Waals surface area contributed by atoms with Crippen LogP contribution in [0.5, 0.6) is 5.75 Å². The third-order valence-corrected chi connectivity index (χ3v) is 3.31. The van der Waals surface area contributed by atoms with Crippen molar-refractivity contribution in [2.75, 3.05) is 7.11 Å². The van der Waals surface area contributed by atoms with Gasteiger partial charge in [-0.25, -0.2) is 0 Å². The Morgan fingerprint density at radius 3 is 2.84 bits per heavy atom. The van der Waals surface area contributed by atoms with Crippen LogP contribution in [0.4, 0.5) is 0 Å². The van der Waals surface area contributed by atoms with Crippen molar-refractivity contribution in [1.29, 1.82) is 0 Å². The normalized spacial score (nSPS) is 12.2. The number of aliphatic hydroxyl groups excluding tert-OH is 1. The summed E-state index contributed by atoms with van der Waals surface area (Å²) in [5, 5.41) is 11.0. The summed E-state index contributed by atoms with van der Waals surface area (Å²) < 4.78 is 5.29. The van der Waals surface area contributed by atoms with Crippen LogP contribution in [0.2, 0.25) is 5.02 Å². The molecule has 0 fully saturated rings. The molecule has 1 aromatic heterocycles. The molecule has 0 bridgehead atoms. The summed E-state index contributed by atoms with van der Waals surface area (Å²) in [6.07, 6.45) is 3.28. The van der Waals surface area contributed by atoms with Crippen LogP contribution in [-0.4, -0.2) is 17.2 Å². The van der Waals surface area contributed by atoms with E-state index in [1.165, 1.54) is 0 Å². The molecule has 1 heterocycles. The van der Waals surface area contributed by atoms with Gasteiger partial charge in [-0.05, 0) is 47.9 Å². The number of nitrogens with zero attached hydrogens (tertiary/aromatic N) is 1. The molecule has 100 valence electrons. The summed E-state index contributed by atoms with van der Waals surface area (Å²) in [5.74, 6) is 0.732. The molecule has 2 rings (SSSR count). The van der Waals surface area contributed by atoms with E-state index in [4.69, 9.17) is 16.3 Å². The number of hydrogen-bond acceptors (Lipinski definition) is 3. The van der Waals surface area contributed by atoms with Gasteiger partial charge in [0.1, 0.15) is 5.75 Å². The molecule has 0 aliphatic heterocycles. The molecule has 0 amide bonds. The van der Waals surface area contributed by atoms with Gasteiger partial charge in [0.25, 0.3) is 0 Å². The molecule has 1 N–H and O–H groups in total. The van der Waals surface area contributed by atoms with Gasteiger partial charge in [-0.1, -0.05) is 11.6 Å². The topological polar surface area (TPSA) is 42.4 Å². The van der Waals surface area contributed by atoms with Gasteiger partial charge in [0.15, 0.2) is 0 Å². The zero-order valence-corrected chi connectivity index (χ0v) is 11.7. The number of aryl methyl sites for hydroxylation is 1. The van der Waals surface area contributed by atoms with Gasteiger partial charge in [-0.2, -0.15) is 0 Å². The second-order valence-corrected chi connectivity index (χ2v) is 4.84. The Hall–Kier alpha value is -1.58. The number of hydrogen-bond donors (Lipinski definition) is 1. The quantitative estimate of drug-likeness (QED) is 0.932. The molecule has 0 saturated heterocycles. The van der Waals surface area contributed by atoms with E-state index in [0.717, 1.165) is 22.4 Å². The van der Waals surface area contributed by atoms with Crippen LogP contribution in [-0.2, 0) is 6.42 Å². The number of rotatable bonds is 4. The molecule has 3 nitrogen and oxygen atoms in total. The lowest BCUT2D eigenvalue weighted by Gasteiger charge is -2.15. The Morgan fingerprint density at radius 2 is 2.16 bits per heavy atom. The second-order valence-electron chi connectivity index (χ2n) is 4.41. The Kier molecular flexibility index (Phi) is 4.40. The van der Waals surface area contributed by atoms with E-state index < -0.39 is 6.10 Å². The van der Waals surface area contributed by atoms with Crippen LogP contribution in [0, 0.1) is 6.92 Å². The molecular weight excluding hydrogens is 262 g/mol. The minimum Gasteiger partial charge on any atom is -0.496 e. The third-order valence-electron chi connectivity index (χ3n) is 3.08. The van der Waals surface area contributed by atoms with Crippen molar-refractivity contribution < 1.29 is 9.84 Å². The predicted octanol–water partition coefficient (Wildman–Crippen LogP) is 3.33. The van der Waals surface area contributed by atoms with Crippen molar-refractivity contribution in [3.05, 3.63) is 58.4 Å². The minimum absolute atomic E-state index is 0.453. The maximum Gasteiger partial charge on any atom is 0.122 e. The number of aromatic nitrogens is 1. The average Bonchev–Trinajstić information content (AvgIpc) is 2.39. The highest BCUT2D eigenvalue weighted by molar-refractivity contribution is 6.30. The molecule has 0 aliphatic rings.